The second kappa shape index (κ2) is 4.76. The van der Waals surface area contributed by atoms with E-state index in [1.165, 1.54) is 0 Å². The zero-order valence-corrected chi connectivity index (χ0v) is 11.8. The van der Waals surface area contributed by atoms with Crippen molar-refractivity contribution in [2.24, 2.45) is 0 Å². The molecule has 1 aromatic heterocycles. The molecular formula is C15H14N2O2S. The Balaban J connectivity index is 2.01. The number of benzene rings is 1. The fraction of sp³-hybridized carbons (Fsp3) is 0.200. The third-order valence-electron chi connectivity index (χ3n) is 3.70. The Labute approximate surface area is 121 Å². The van der Waals surface area contributed by atoms with E-state index in [2.05, 4.69) is 5.32 Å². The monoisotopic (exact) mass is 286 g/mol. The van der Waals surface area contributed by atoms with Gasteiger partial charge < -0.3 is 4.90 Å². The number of amides is 3. The van der Waals surface area contributed by atoms with Crippen LogP contribution in [0.15, 0.2) is 47.2 Å². The van der Waals surface area contributed by atoms with Crippen LogP contribution in [0.3, 0.4) is 0 Å². The highest BCUT2D eigenvalue weighted by atomic mass is 32.1. The zero-order chi connectivity index (χ0) is 14.2. The summed E-state index contributed by atoms with van der Waals surface area (Å²) in [5, 5.41) is 6.37. The molecule has 3 amide bonds. The molecule has 1 saturated heterocycles. The van der Waals surface area contributed by atoms with Gasteiger partial charge in [0, 0.05) is 6.54 Å². The quantitative estimate of drug-likeness (QED) is 0.882. The molecule has 1 unspecified atom stereocenters. The Morgan fingerprint density at radius 3 is 2.60 bits per heavy atom. The number of carbonyl (C=O) groups excluding carboxylic acids is 2. The molecule has 1 atom stereocenters. The summed E-state index contributed by atoms with van der Waals surface area (Å²) < 4.78 is 0. The van der Waals surface area contributed by atoms with E-state index in [1.54, 1.807) is 23.2 Å². The van der Waals surface area contributed by atoms with E-state index >= 15 is 0 Å². The topological polar surface area (TPSA) is 49.4 Å². The van der Waals surface area contributed by atoms with E-state index in [9.17, 15) is 9.59 Å². The maximum atomic E-state index is 12.3. The largest absolute Gasteiger partial charge is 0.325 e. The van der Waals surface area contributed by atoms with Crippen molar-refractivity contribution in [1.29, 1.82) is 0 Å². The smallest absolute Gasteiger partial charge is 0.301 e. The van der Waals surface area contributed by atoms with Crippen LogP contribution in [0.25, 0.3) is 0 Å². The summed E-state index contributed by atoms with van der Waals surface area (Å²) >= 11 is 1.58. The highest BCUT2D eigenvalue weighted by Gasteiger charge is 2.50. The molecule has 0 bridgehead atoms. The predicted molar refractivity (Wildman–Crippen MR) is 77.2 cm³/mol. The second-order valence-electron chi connectivity index (χ2n) is 4.92. The summed E-state index contributed by atoms with van der Waals surface area (Å²) in [5.74, 6) is -0.274. The van der Waals surface area contributed by atoms with Crippen LogP contribution in [0.1, 0.15) is 18.1 Å². The van der Waals surface area contributed by atoms with E-state index in [4.69, 9.17) is 0 Å². The summed E-state index contributed by atoms with van der Waals surface area (Å²) in [6, 6.07) is 11.0. The molecule has 1 N–H and O–H groups in total. The van der Waals surface area contributed by atoms with Crippen LogP contribution in [0.2, 0.25) is 0 Å². The standard InChI is InChI=1S/C15H14N2O2S/c1-15(12-5-3-2-4-6-12)13(18)16-14(19)17(15)9-11-7-8-20-10-11/h2-8,10H,9H2,1H3,(H,16,18,19). The minimum atomic E-state index is -0.958. The second-order valence-corrected chi connectivity index (χ2v) is 5.70. The molecular weight excluding hydrogens is 272 g/mol. The number of thiophene rings is 1. The normalized spacial score (nSPS) is 22.1. The fourth-order valence-corrected chi connectivity index (χ4v) is 3.12. The van der Waals surface area contributed by atoms with E-state index in [1.807, 2.05) is 47.2 Å². The molecule has 20 heavy (non-hydrogen) atoms. The molecule has 2 heterocycles. The number of nitrogens with zero attached hydrogens (tertiary/aromatic N) is 1. The summed E-state index contributed by atoms with van der Waals surface area (Å²) in [6.07, 6.45) is 0. The van der Waals surface area contributed by atoms with Gasteiger partial charge in [0.2, 0.25) is 0 Å². The molecule has 4 nitrogen and oxygen atoms in total. The molecule has 1 fully saturated rings. The molecule has 0 aliphatic carbocycles. The molecule has 1 aliphatic heterocycles. The lowest BCUT2D eigenvalue weighted by Gasteiger charge is -2.32. The third kappa shape index (κ3) is 1.91. The van der Waals surface area contributed by atoms with Gasteiger partial charge in [-0.25, -0.2) is 4.79 Å². The highest BCUT2D eigenvalue weighted by Crippen LogP contribution is 2.34. The van der Waals surface area contributed by atoms with E-state index < -0.39 is 5.54 Å². The van der Waals surface area contributed by atoms with Gasteiger partial charge in [-0.2, -0.15) is 11.3 Å². The highest BCUT2D eigenvalue weighted by molar-refractivity contribution is 7.07. The Kier molecular flexibility index (Phi) is 3.06. The van der Waals surface area contributed by atoms with Crippen LogP contribution in [-0.4, -0.2) is 16.8 Å². The average Bonchev–Trinajstić information content (AvgIpc) is 3.04. The van der Waals surface area contributed by atoms with Gasteiger partial charge >= 0.3 is 6.03 Å². The molecule has 0 spiro atoms. The summed E-state index contributed by atoms with van der Waals surface area (Å²) in [7, 11) is 0. The first kappa shape index (κ1) is 12.9. The van der Waals surface area contributed by atoms with Crippen molar-refractivity contribution in [3.8, 4) is 0 Å². The average molecular weight is 286 g/mol. The Morgan fingerprint density at radius 2 is 1.95 bits per heavy atom. The van der Waals surface area contributed by atoms with Gasteiger partial charge in [0.15, 0.2) is 0 Å². The Morgan fingerprint density at radius 1 is 1.20 bits per heavy atom. The van der Waals surface area contributed by atoms with Gasteiger partial charge in [-0.3, -0.25) is 10.1 Å². The molecule has 5 heteroatoms. The molecule has 0 saturated carbocycles. The van der Waals surface area contributed by atoms with Gasteiger partial charge in [-0.15, -0.1) is 0 Å². The van der Waals surface area contributed by atoms with Crippen molar-refractivity contribution in [2.45, 2.75) is 19.0 Å². The van der Waals surface area contributed by atoms with E-state index in [-0.39, 0.29) is 11.9 Å². The van der Waals surface area contributed by atoms with Crippen LogP contribution in [0.4, 0.5) is 4.79 Å². The van der Waals surface area contributed by atoms with Crippen molar-refractivity contribution in [2.75, 3.05) is 0 Å². The van der Waals surface area contributed by atoms with Gasteiger partial charge in [-0.05, 0) is 34.9 Å². The van der Waals surface area contributed by atoms with Crippen LogP contribution in [0.5, 0.6) is 0 Å². The first-order valence-corrected chi connectivity index (χ1v) is 7.26. The van der Waals surface area contributed by atoms with Crippen molar-refractivity contribution in [3.63, 3.8) is 0 Å². The van der Waals surface area contributed by atoms with Crippen LogP contribution in [-0.2, 0) is 16.9 Å². The van der Waals surface area contributed by atoms with Gasteiger partial charge in [-0.1, -0.05) is 30.3 Å². The summed E-state index contributed by atoms with van der Waals surface area (Å²) in [5.41, 5.74) is 0.890. The zero-order valence-electron chi connectivity index (χ0n) is 11.0. The van der Waals surface area contributed by atoms with Crippen molar-refractivity contribution >= 4 is 23.3 Å². The first-order chi connectivity index (χ1) is 9.62. The Hall–Kier alpha value is -2.14. The van der Waals surface area contributed by atoms with Crippen molar-refractivity contribution < 1.29 is 9.59 Å². The molecule has 1 aliphatic rings. The number of hydrogen-bond donors (Lipinski definition) is 1. The van der Waals surface area contributed by atoms with Crippen molar-refractivity contribution in [1.82, 2.24) is 10.2 Å². The number of imide groups is 1. The lowest BCUT2D eigenvalue weighted by Crippen LogP contribution is -2.43. The van der Waals surface area contributed by atoms with Crippen LogP contribution < -0.4 is 5.32 Å². The molecule has 0 radical (unpaired) electrons. The maximum absolute atomic E-state index is 12.3. The number of carbonyl (C=O) groups is 2. The minimum Gasteiger partial charge on any atom is -0.301 e. The third-order valence-corrected chi connectivity index (χ3v) is 4.44. The lowest BCUT2D eigenvalue weighted by molar-refractivity contribution is -0.126. The van der Waals surface area contributed by atoms with Gasteiger partial charge in [0.25, 0.3) is 5.91 Å². The molecule has 3 rings (SSSR count). The van der Waals surface area contributed by atoms with Gasteiger partial charge in [0.05, 0.1) is 0 Å². The Bertz CT molecular complexity index is 639. The van der Waals surface area contributed by atoms with Crippen molar-refractivity contribution in [3.05, 3.63) is 58.3 Å². The lowest BCUT2D eigenvalue weighted by atomic mass is 9.90. The van der Waals surface area contributed by atoms with E-state index in [0.29, 0.717) is 6.54 Å². The fourth-order valence-electron chi connectivity index (χ4n) is 2.46. The predicted octanol–water partition coefficient (Wildman–Crippen LogP) is 2.72. The molecule has 2 aromatic rings. The van der Waals surface area contributed by atoms with E-state index in [0.717, 1.165) is 11.1 Å². The minimum absolute atomic E-state index is 0.274. The first-order valence-electron chi connectivity index (χ1n) is 6.32. The van der Waals surface area contributed by atoms with Crippen LogP contribution >= 0.6 is 11.3 Å². The summed E-state index contributed by atoms with van der Waals surface area (Å²) in [6.45, 7) is 2.21. The molecule has 102 valence electrons. The van der Waals surface area contributed by atoms with Crippen LogP contribution in [0, 0.1) is 0 Å². The SMILES string of the molecule is CC1(c2ccccc2)C(=O)NC(=O)N1Cc1ccsc1. The number of hydrogen-bond acceptors (Lipinski definition) is 3. The summed E-state index contributed by atoms with van der Waals surface area (Å²) in [4.78, 5) is 26.0. The number of rotatable bonds is 3. The molecule has 1 aromatic carbocycles. The number of urea groups is 1. The van der Waals surface area contributed by atoms with Gasteiger partial charge in [0.1, 0.15) is 5.54 Å². The maximum Gasteiger partial charge on any atom is 0.325 e. The number of nitrogens with one attached hydrogen (secondary N) is 1.